The lowest BCUT2D eigenvalue weighted by molar-refractivity contribution is 0.195. The van der Waals surface area contributed by atoms with Crippen LogP contribution >= 0.6 is 11.3 Å². The van der Waals surface area contributed by atoms with E-state index in [1.807, 2.05) is 41.7 Å². The molecule has 1 atom stereocenters. The number of likely N-dealkylation sites (tertiary alicyclic amines) is 1. The molecule has 1 fully saturated rings. The van der Waals surface area contributed by atoms with Crippen LogP contribution in [0.25, 0.3) is 21.5 Å². The fourth-order valence-corrected chi connectivity index (χ4v) is 4.91. The van der Waals surface area contributed by atoms with Crippen molar-refractivity contribution >= 4 is 21.6 Å². The number of aromatic nitrogens is 2. The lowest BCUT2D eigenvalue weighted by Gasteiger charge is -2.31. The third-order valence-electron chi connectivity index (χ3n) is 5.17. The van der Waals surface area contributed by atoms with Gasteiger partial charge in [0.05, 0.1) is 20.9 Å². The van der Waals surface area contributed by atoms with Crippen molar-refractivity contribution in [1.82, 2.24) is 15.0 Å². The van der Waals surface area contributed by atoms with E-state index in [4.69, 9.17) is 9.51 Å². The minimum atomic E-state index is 0.511. The maximum atomic E-state index is 5.56. The van der Waals surface area contributed by atoms with Crippen LogP contribution in [0.1, 0.15) is 29.5 Å². The normalized spacial score (nSPS) is 18.1. The fraction of sp³-hybridized carbons (Fsp3) is 0.273. The molecule has 136 valence electrons. The minimum absolute atomic E-state index is 0.511. The first-order valence-electron chi connectivity index (χ1n) is 9.44. The first-order valence-corrected chi connectivity index (χ1v) is 10.3. The number of piperidine rings is 1. The highest BCUT2D eigenvalue weighted by molar-refractivity contribution is 7.18. The SMILES string of the molecule is c1ccc(-c2cc(CN3CCC[C@@H](c4nc5ccccc5s4)C3)no2)cc1. The van der Waals surface area contributed by atoms with E-state index in [9.17, 15) is 0 Å². The Bertz CT molecular complexity index is 1010. The van der Waals surface area contributed by atoms with Gasteiger partial charge in [-0.2, -0.15) is 0 Å². The molecule has 5 rings (SSSR count). The quantitative estimate of drug-likeness (QED) is 0.483. The Morgan fingerprint density at radius 3 is 2.81 bits per heavy atom. The number of nitrogens with zero attached hydrogens (tertiary/aromatic N) is 3. The van der Waals surface area contributed by atoms with Gasteiger partial charge in [0.1, 0.15) is 0 Å². The number of hydrogen-bond acceptors (Lipinski definition) is 5. The summed E-state index contributed by atoms with van der Waals surface area (Å²) >= 11 is 1.84. The van der Waals surface area contributed by atoms with Crippen molar-refractivity contribution in [3.63, 3.8) is 0 Å². The molecular weight excluding hydrogens is 354 g/mol. The van der Waals surface area contributed by atoms with Gasteiger partial charge in [0.15, 0.2) is 5.76 Å². The van der Waals surface area contributed by atoms with Crippen molar-refractivity contribution in [2.45, 2.75) is 25.3 Å². The predicted octanol–water partition coefficient (Wildman–Crippen LogP) is 5.33. The lowest BCUT2D eigenvalue weighted by Crippen LogP contribution is -2.33. The van der Waals surface area contributed by atoms with Crippen LogP contribution in [-0.4, -0.2) is 28.1 Å². The molecule has 0 bridgehead atoms. The number of rotatable bonds is 4. The number of hydrogen-bond donors (Lipinski definition) is 0. The van der Waals surface area contributed by atoms with Crippen molar-refractivity contribution in [1.29, 1.82) is 0 Å². The van der Waals surface area contributed by atoms with E-state index in [0.717, 1.165) is 42.2 Å². The van der Waals surface area contributed by atoms with Gasteiger partial charge >= 0.3 is 0 Å². The Labute approximate surface area is 162 Å². The molecule has 4 nitrogen and oxygen atoms in total. The lowest BCUT2D eigenvalue weighted by atomic mass is 9.98. The summed E-state index contributed by atoms with van der Waals surface area (Å²) < 4.78 is 6.84. The molecule has 5 heteroatoms. The Morgan fingerprint density at radius 1 is 1.07 bits per heavy atom. The van der Waals surface area contributed by atoms with Gasteiger partial charge in [0.25, 0.3) is 0 Å². The molecule has 27 heavy (non-hydrogen) atoms. The third kappa shape index (κ3) is 3.53. The Morgan fingerprint density at radius 2 is 1.93 bits per heavy atom. The molecule has 3 heterocycles. The molecule has 0 amide bonds. The van der Waals surface area contributed by atoms with Crippen LogP contribution in [0, 0.1) is 0 Å². The van der Waals surface area contributed by atoms with Gasteiger partial charge in [0.2, 0.25) is 0 Å². The van der Waals surface area contributed by atoms with E-state index in [-0.39, 0.29) is 0 Å². The largest absolute Gasteiger partial charge is 0.356 e. The van der Waals surface area contributed by atoms with E-state index >= 15 is 0 Å². The van der Waals surface area contributed by atoms with Crippen molar-refractivity contribution in [3.05, 3.63) is 71.4 Å². The van der Waals surface area contributed by atoms with E-state index in [1.54, 1.807) is 0 Å². The summed E-state index contributed by atoms with van der Waals surface area (Å²) in [5.74, 6) is 1.35. The molecule has 1 aliphatic heterocycles. The summed E-state index contributed by atoms with van der Waals surface area (Å²) in [6.45, 7) is 2.97. The molecule has 1 aliphatic rings. The molecule has 0 N–H and O–H groups in total. The number of benzene rings is 2. The molecule has 1 saturated heterocycles. The molecule has 2 aromatic heterocycles. The second kappa shape index (κ2) is 7.25. The van der Waals surface area contributed by atoms with Crippen LogP contribution in [0.2, 0.25) is 0 Å². The van der Waals surface area contributed by atoms with E-state index in [0.29, 0.717) is 5.92 Å². The van der Waals surface area contributed by atoms with Gasteiger partial charge in [-0.3, -0.25) is 4.90 Å². The van der Waals surface area contributed by atoms with Gasteiger partial charge in [-0.05, 0) is 31.5 Å². The molecule has 0 saturated carbocycles. The molecular formula is C22H21N3OS. The van der Waals surface area contributed by atoms with Crippen LogP contribution in [0.5, 0.6) is 0 Å². The highest BCUT2D eigenvalue weighted by atomic mass is 32.1. The summed E-state index contributed by atoms with van der Waals surface area (Å²) in [7, 11) is 0. The smallest absolute Gasteiger partial charge is 0.167 e. The first kappa shape index (κ1) is 16.7. The molecule has 4 aromatic rings. The topological polar surface area (TPSA) is 42.2 Å². The molecule has 0 aliphatic carbocycles. The van der Waals surface area contributed by atoms with Crippen LogP contribution in [0.4, 0.5) is 0 Å². The summed E-state index contributed by atoms with van der Waals surface area (Å²) in [6, 6.07) is 20.6. The maximum Gasteiger partial charge on any atom is 0.167 e. The number of para-hydroxylation sites is 1. The first-order chi connectivity index (χ1) is 13.3. The second-order valence-corrected chi connectivity index (χ2v) is 8.20. The van der Waals surface area contributed by atoms with Gasteiger partial charge in [-0.15, -0.1) is 11.3 Å². The van der Waals surface area contributed by atoms with Gasteiger partial charge in [-0.25, -0.2) is 4.98 Å². The van der Waals surface area contributed by atoms with Crippen LogP contribution in [0.15, 0.2) is 65.2 Å². The van der Waals surface area contributed by atoms with E-state index in [2.05, 4.69) is 40.4 Å². The Balaban J connectivity index is 1.29. The zero-order valence-corrected chi connectivity index (χ0v) is 15.9. The van der Waals surface area contributed by atoms with Crippen molar-refractivity contribution in [2.75, 3.05) is 13.1 Å². The highest BCUT2D eigenvalue weighted by Gasteiger charge is 2.24. The average molecular weight is 375 g/mol. The highest BCUT2D eigenvalue weighted by Crippen LogP contribution is 2.33. The van der Waals surface area contributed by atoms with Crippen molar-refractivity contribution in [2.24, 2.45) is 0 Å². The van der Waals surface area contributed by atoms with Gasteiger partial charge in [-0.1, -0.05) is 47.6 Å². The zero-order valence-electron chi connectivity index (χ0n) is 15.0. The molecule has 0 spiro atoms. The van der Waals surface area contributed by atoms with Crippen LogP contribution in [-0.2, 0) is 6.54 Å². The third-order valence-corrected chi connectivity index (χ3v) is 6.37. The summed E-state index contributed by atoms with van der Waals surface area (Å²) in [5.41, 5.74) is 3.19. The predicted molar refractivity (Wildman–Crippen MR) is 109 cm³/mol. The summed E-state index contributed by atoms with van der Waals surface area (Å²) in [6.07, 6.45) is 2.41. The molecule has 0 unspecified atom stereocenters. The monoisotopic (exact) mass is 375 g/mol. The van der Waals surface area contributed by atoms with Crippen LogP contribution in [0.3, 0.4) is 0 Å². The summed E-state index contributed by atoms with van der Waals surface area (Å²) in [5, 5.41) is 5.56. The van der Waals surface area contributed by atoms with E-state index < -0.39 is 0 Å². The number of fused-ring (bicyclic) bond motifs is 1. The number of thiazole rings is 1. The van der Waals surface area contributed by atoms with Crippen LogP contribution < -0.4 is 0 Å². The Hall–Kier alpha value is -2.50. The average Bonchev–Trinajstić information content (AvgIpc) is 3.36. The minimum Gasteiger partial charge on any atom is -0.356 e. The maximum absolute atomic E-state index is 5.56. The Kier molecular flexibility index (Phi) is 4.47. The van der Waals surface area contributed by atoms with Gasteiger partial charge < -0.3 is 4.52 Å². The van der Waals surface area contributed by atoms with Gasteiger partial charge in [0, 0.05) is 30.6 Å². The summed E-state index contributed by atoms with van der Waals surface area (Å²) in [4.78, 5) is 7.36. The molecule has 2 aromatic carbocycles. The zero-order chi connectivity index (χ0) is 18.1. The second-order valence-electron chi connectivity index (χ2n) is 7.14. The molecule has 0 radical (unpaired) electrons. The fourth-order valence-electron chi connectivity index (χ4n) is 3.82. The van der Waals surface area contributed by atoms with Crippen molar-refractivity contribution in [3.8, 4) is 11.3 Å². The van der Waals surface area contributed by atoms with Crippen molar-refractivity contribution < 1.29 is 4.52 Å². The van der Waals surface area contributed by atoms with E-state index in [1.165, 1.54) is 22.5 Å². The standard InChI is InChI=1S/C22H21N3OS/c1-2-7-16(8-3-1)20-13-18(24-26-20)15-25-12-6-9-17(14-25)22-23-19-10-4-5-11-21(19)27-22/h1-5,7-8,10-11,13,17H,6,9,12,14-15H2/t17-/m1/s1.